The molecule has 4 rings (SSSR count). The maximum absolute atomic E-state index is 12.4. The molecule has 142 valence electrons. The molecule has 4 aromatic rings. The number of carbonyl (C=O) groups excluding carboxylic acids is 1. The number of benzene rings is 2. The molecule has 0 aliphatic heterocycles. The van der Waals surface area contributed by atoms with E-state index in [0.717, 1.165) is 21.2 Å². The van der Waals surface area contributed by atoms with Gasteiger partial charge in [0.1, 0.15) is 11.3 Å². The quantitative estimate of drug-likeness (QED) is 0.300. The van der Waals surface area contributed by atoms with Crippen LogP contribution in [0.4, 0.5) is 0 Å². The first-order valence-corrected chi connectivity index (χ1v) is 10.2. The number of Topliss-reactive ketones (excluding diaryl/α,β-unsaturated/α-hetero) is 1. The summed E-state index contributed by atoms with van der Waals surface area (Å²) in [6.07, 6.45) is 0. The van der Waals surface area contributed by atoms with Crippen molar-refractivity contribution in [2.45, 2.75) is 5.16 Å². The molecule has 2 aromatic heterocycles. The molecule has 0 amide bonds. The molecular formula is C20H16BrN3O3S. The highest BCUT2D eigenvalue weighted by molar-refractivity contribution is 9.10. The molecule has 0 bridgehead atoms. The zero-order valence-corrected chi connectivity index (χ0v) is 17.6. The third-order valence-electron chi connectivity index (χ3n) is 4.28. The minimum Gasteiger partial charge on any atom is -0.497 e. The number of thioether (sulfide) groups is 1. The third kappa shape index (κ3) is 3.70. The summed E-state index contributed by atoms with van der Waals surface area (Å²) in [4.78, 5) is 12.4. The standard InChI is InChI=1S/C20H16BrN3O3S/c1-24-19(18-10-13-9-14(21)5-8-17(13)27-18)22-23-20(24)28-11-16(25)12-3-6-15(26-2)7-4-12/h3-10H,11H2,1-2H3. The third-order valence-corrected chi connectivity index (χ3v) is 5.79. The highest BCUT2D eigenvalue weighted by Crippen LogP contribution is 2.30. The van der Waals surface area contributed by atoms with Gasteiger partial charge < -0.3 is 13.7 Å². The Hall–Kier alpha value is -2.58. The number of halogens is 1. The average molecular weight is 458 g/mol. The molecule has 0 aliphatic carbocycles. The van der Waals surface area contributed by atoms with Crippen molar-refractivity contribution in [2.24, 2.45) is 7.05 Å². The summed E-state index contributed by atoms with van der Waals surface area (Å²) in [6.45, 7) is 0. The highest BCUT2D eigenvalue weighted by atomic mass is 79.9. The molecule has 0 aliphatic rings. The Morgan fingerprint density at radius 3 is 2.71 bits per heavy atom. The van der Waals surface area contributed by atoms with E-state index < -0.39 is 0 Å². The molecule has 0 fully saturated rings. The van der Waals surface area contributed by atoms with Crippen LogP contribution in [0.5, 0.6) is 5.75 Å². The van der Waals surface area contributed by atoms with Gasteiger partial charge in [0, 0.05) is 22.5 Å². The van der Waals surface area contributed by atoms with Crippen molar-refractivity contribution in [3.63, 3.8) is 0 Å². The number of hydrogen-bond donors (Lipinski definition) is 0. The number of rotatable bonds is 6. The van der Waals surface area contributed by atoms with E-state index in [9.17, 15) is 4.79 Å². The van der Waals surface area contributed by atoms with Gasteiger partial charge in [-0.1, -0.05) is 27.7 Å². The number of methoxy groups -OCH3 is 1. The first-order chi connectivity index (χ1) is 13.5. The normalized spacial score (nSPS) is 11.1. The van der Waals surface area contributed by atoms with E-state index in [1.807, 2.05) is 35.9 Å². The van der Waals surface area contributed by atoms with Crippen LogP contribution in [0, 0.1) is 0 Å². The van der Waals surface area contributed by atoms with Gasteiger partial charge in [0.05, 0.1) is 12.9 Å². The van der Waals surface area contributed by atoms with Crippen LogP contribution in [0.25, 0.3) is 22.6 Å². The topological polar surface area (TPSA) is 70.2 Å². The first kappa shape index (κ1) is 18.8. The van der Waals surface area contributed by atoms with E-state index >= 15 is 0 Å². The summed E-state index contributed by atoms with van der Waals surface area (Å²) < 4.78 is 13.8. The summed E-state index contributed by atoms with van der Waals surface area (Å²) >= 11 is 4.80. The van der Waals surface area contributed by atoms with Crippen LogP contribution in [0.15, 0.2) is 62.6 Å². The van der Waals surface area contributed by atoms with Crippen LogP contribution >= 0.6 is 27.7 Å². The molecule has 0 atom stereocenters. The minimum absolute atomic E-state index is 0.0193. The fourth-order valence-electron chi connectivity index (χ4n) is 2.77. The lowest BCUT2D eigenvalue weighted by Crippen LogP contribution is -2.04. The van der Waals surface area contributed by atoms with Crippen LogP contribution < -0.4 is 4.74 Å². The molecule has 2 aromatic carbocycles. The van der Waals surface area contributed by atoms with Gasteiger partial charge in [-0.2, -0.15) is 0 Å². The fourth-order valence-corrected chi connectivity index (χ4v) is 3.95. The van der Waals surface area contributed by atoms with Gasteiger partial charge >= 0.3 is 0 Å². The number of nitrogens with zero attached hydrogens (tertiary/aromatic N) is 3. The molecule has 0 saturated carbocycles. The van der Waals surface area contributed by atoms with Crippen molar-refractivity contribution in [2.75, 3.05) is 12.9 Å². The second-order valence-electron chi connectivity index (χ2n) is 6.10. The smallest absolute Gasteiger partial charge is 0.200 e. The largest absolute Gasteiger partial charge is 0.497 e. The van der Waals surface area contributed by atoms with Crippen LogP contribution in [-0.2, 0) is 7.05 Å². The van der Waals surface area contributed by atoms with Crippen molar-refractivity contribution < 1.29 is 13.9 Å². The molecule has 0 unspecified atom stereocenters. The van der Waals surface area contributed by atoms with Crippen molar-refractivity contribution >= 4 is 44.4 Å². The number of fused-ring (bicyclic) bond motifs is 1. The second kappa shape index (κ2) is 7.81. The summed E-state index contributed by atoms with van der Waals surface area (Å²) in [5.74, 6) is 2.26. The Balaban J connectivity index is 1.50. The van der Waals surface area contributed by atoms with Gasteiger partial charge in [-0.3, -0.25) is 4.79 Å². The molecule has 0 radical (unpaired) electrons. The van der Waals surface area contributed by atoms with Crippen LogP contribution in [0.3, 0.4) is 0 Å². The SMILES string of the molecule is COc1ccc(C(=O)CSc2nnc(-c3cc4cc(Br)ccc4o3)n2C)cc1. The fraction of sp³-hybridized carbons (Fsp3) is 0.150. The van der Waals surface area contributed by atoms with E-state index in [-0.39, 0.29) is 11.5 Å². The number of furan rings is 1. The Morgan fingerprint density at radius 1 is 1.18 bits per heavy atom. The van der Waals surface area contributed by atoms with E-state index in [2.05, 4.69) is 26.1 Å². The van der Waals surface area contributed by atoms with E-state index in [0.29, 0.717) is 22.3 Å². The van der Waals surface area contributed by atoms with Crippen LogP contribution in [0.1, 0.15) is 10.4 Å². The number of ketones is 1. The zero-order valence-electron chi connectivity index (χ0n) is 15.2. The number of carbonyl (C=O) groups is 1. The lowest BCUT2D eigenvalue weighted by molar-refractivity contribution is 0.102. The predicted molar refractivity (Wildman–Crippen MR) is 112 cm³/mol. The molecule has 6 nitrogen and oxygen atoms in total. The van der Waals surface area contributed by atoms with E-state index in [1.165, 1.54) is 11.8 Å². The summed E-state index contributed by atoms with van der Waals surface area (Å²) in [7, 11) is 3.46. The van der Waals surface area contributed by atoms with Gasteiger partial charge in [0.15, 0.2) is 22.5 Å². The molecule has 28 heavy (non-hydrogen) atoms. The number of aromatic nitrogens is 3. The van der Waals surface area contributed by atoms with Gasteiger partial charge in [-0.15, -0.1) is 10.2 Å². The molecule has 8 heteroatoms. The number of hydrogen-bond acceptors (Lipinski definition) is 6. The molecule has 0 N–H and O–H groups in total. The second-order valence-corrected chi connectivity index (χ2v) is 7.96. The Morgan fingerprint density at radius 2 is 1.96 bits per heavy atom. The number of ether oxygens (including phenoxy) is 1. The van der Waals surface area contributed by atoms with Crippen molar-refractivity contribution in [1.82, 2.24) is 14.8 Å². The first-order valence-electron chi connectivity index (χ1n) is 8.44. The Kier molecular flexibility index (Phi) is 5.23. The zero-order chi connectivity index (χ0) is 19.7. The predicted octanol–water partition coefficient (Wildman–Crippen LogP) is 4.97. The van der Waals surface area contributed by atoms with Crippen molar-refractivity contribution in [1.29, 1.82) is 0 Å². The minimum atomic E-state index is 0.0193. The maximum atomic E-state index is 12.4. The van der Waals surface area contributed by atoms with Gasteiger partial charge in [0.2, 0.25) is 0 Å². The average Bonchev–Trinajstić information content (AvgIpc) is 3.28. The summed E-state index contributed by atoms with van der Waals surface area (Å²) in [5.41, 5.74) is 1.42. The maximum Gasteiger partial charge on any atom is 0.200 e. The van der Waals surface area contributed by atoms with Crippen molar-refractivity contribution in [3.05, 3.63) is 58.6 Å². The van der Waals surface area contributed by atoms with E-state index in [4.69, 9.17) is 9.15 Å². The molecule has 2 heterocycles. The monoisotopic (exact) mass is 457 g/mol. The van der Waals surface area contributed by atoms with Crippen LogP contribution in [0.2, 0.25) is 0 Å². The van der Waals surface area contributed by atoms with Crippen LogP contribution in [-0.4, -0.2) is 33.4 Å². The summed E-state index contributed by atoms with van der Waals surface area (Å²) in [6, 6.07) is 14.8. The van der Waals surface area contributed by atoms with Gasteiger partial charge in [-0.25, -0.2) is 0 Å². The van der Waals surface area contributed by atoms with Gasteiger partial charge in [-0.05, 0) is 48.5 Å². The molecular weight excluding hydrogens is 442 g/mol. The van der Waals surface area contributed by atoms with E-state index in [1.54, 1.807) is 31.4 Å². The summed E-state index contributed by atoms with van der Waals surface area (Å²) in [5, 5.41) is 10.1. The molecule has 0 spiro atoms. The lowest BCUT2D eigenvalue weighted by atomic mass is 10.1. The molecule has 0 saturated heterocycles. The Labute approximate surface area is 174 Å². The van der Waals surface area contributed by atoms with Crippen molar-refractivity contribution in [3.8, 4) is 17.3 Å². The van der Waals surface area contributed by atoms with Gasteiger partial charge in [0.25, 0.3) is 0 Å². The highest BCUT2D eigenvalue weighted by Gasteiger charge is 2.17. The lowest BCUT2D eigenvalue weighted by Gasteiger charge is -2.03. The Bertz CT molecular complexity index is 1150.